The Kier molecular flexibility index (Phi) is 5.78. The van der Waals surface area contributed by atoms with Gasteiger partial charge in [-0.2, -0.15) is 0 Å². The van der Waals surface area contributed by atoms with Crippen LogP contribution in [-0.2, 0) is 9.53 Å². The first-order valence-corrected chi connectivity index (χ1v) is 9.05. The number of alkyl carbamates (subject to hydrolysis) is 1. The Balaban J connectivity index is 1.68. The predicted molar refractivity (Wildman–Crippen MR) is 99.6 cm³/mol. The molecule has 0 fully saturated rings. The van der Waals surface area contributed by atoms with E-state index in [9.17, 15) is 14.7 Å². The van der Waals surface area contributed by atoms with Gasteiger partial charge in [-0.3, -0.25) is 0 Å². The lowest BCUT2D eigenvalue weighted by molar-refractivity contribution is -0.139. The van der Waals surface area contributed by atoms with E-state index >= 15 is 0 Å². The zero-order valence-electron chi connectivity index (χ0n) is 14.2. The zero-order chi connectivity index (χ0) is 18.5. The Morgan fingerprint density at radius 1 is 1.08 bits per heavy atom. The summed E-state index contributed by atoms with van der Waals surface area (Å²) in [4.78, 5) is 23.3. The van der Waals surface area contributed by atoms with Crippen LogP contribution in [0.25, 0.3) is 11.1 Å². The van der Waals surface area contributed by atoms with Crippen molar-refractivity contribution in [1.29, 1.82) is 0 Å². The van der Waals surface area contributed by atoms with Crippen LogP contribution in [0.15, 0.2) is 48.5 Å². The van der Waals surface area contributed by atoms with Crippen molar-refractivity contribution < 1.29 is 19.4 Å². The van der Waals surface area contributed by atoms with Crippen LogP contribution in [0, 0.1) is 0 Å². The Labute approximate surface area is 156 Å². The van der Waals surface area contributed by atoms with E-state index in [0.717, 1.165) is 22.3 Å². The van der Waals surface area contributed by atoms with Gasteiger partial charge in [0, 0.05) is 11.8 Å². The van der Waals surface area contributed by atoms with Crippen molar-refractivity contribution in [3.63, 3.8) is 0 Å². The first kappa shape index (κ1) is 18.3. The number of ether oxygens (including phenoxy) is 1. The lowest BCUT2D eigenvalue weighted by Crippen LogP contribution is -2.41. The second-order valence-electron chi connectivity index (χ2n) is 6.19. The number of nitrogens with one attached hydrogen (secondary N) is 1. The molecule has 0 unspecified atom stereocenters. The Morgan fingerprint density at radius 2 is 1.65 bits per heavy atom. The average Bonchev–Trinajstić information content (AvgIpc) is 2.97. The summed E-state index contributed by atoms with van der Waals surface area (Å²) in [7, 11) is 0. The van der Waals surface area contributed by atoms with Crippen molar-refractivity contribution in [1.82, 2.24) is 5.32 Å². The number of aliphatic carboxylic acids is 1. The summed E-state index contributed by atoms with van der Waals surface area (Å²) in [5.41, 5.74) is 4.50. The molecule has 2 aromatic carbocycles. The van der Waals surface area contributed by atoms with Crippen LogP contribution in [-0.4, -0.2) is 35.7 Å². The molecule has 0 saturated carbocycles. The number of alkyl halides is 1. The first-order chi connectivity index (χ1) is 12.6. The van der Waals surface area contributed by atoms with Gasteiger partial charge in [0.15, 0.2) is 0 Å². The third-order valence-corrected chi connectivity index (χ3v) is 4.83. The molecule has 136 valence electrons. The lowest BCUT2D eigenvalue weighted by atomic mass is 9.98. The highest BCUT2D eigenvalue weighted by Gasteiger charge is 2.29. The maximum absolute atomic E-state index is 12.1. The molecule has 1 atom stereocenters. The number of carbonyl (C=O) groups is 2. The van der Waals surface area contributed by atoms with Gasteiger partial charge in [-0.05, 0) is 35.1 Å². The van der Waals surface area contributed by atoms with Crippen LogP contribution < -0.4 is 5.32 Å². The van der Waals surface area contributed by atoms with Crippen molar-refractivity contribution in [2.24, 2.45) is 0 Å². The summed E-state index contributed by atoms with van der Waals surface area (Å²) >= 11 is 5.59. The van der Waals surface area contributed by atoms with Crippen molar-refractivity contribution in [2.45, 2.75) is 24.8 Å². The van der Waals surface area contributed by atoms with Crippen molar-refractivity contribution in [3.8, 4) is 11.1 Å². The number of hydrogen-bond donors (Lipinski definition) is 2. The van der Waals surface area contributed by atoms with Gasteiger partial charge >= 0.3 is 12.1 Å². The van der Waals surface area contributed by atoms with Crippen molar-refractivity contribution in [3.05, 3.63) is 59.7 Å². The second-order valence-corrected chi connectivity index (χ2v) is 6.57. The van der Waals surface area contributed by atoms with Crippen LogP contribution in [0.2, 0.25) is 0 Å². The fourth-order valence-electron chi connectivity index (χ4n) is 3.32. The second kappa shape index (κ2) is 8.23. The topological polar surface area (TPSA) is 75.6 Å². The smallest absolute Gasteiger partial charge is 0.407 e. The largest absolute Gasteiger partial charge is 0.480 e. The fraction of sp³-hybridized carbons (Fsp3) is 0.300. The van der Waals surface area contributed by atoms with Gasteiger partial charge in [-0.25, -0.2) is 9.59 Å². The van der Waals surface area contributed by atoms with E-state index in [2.05, 4.69) is 17.4 Å². The summed E-state index contributed by atoms with van der Waals surface area (Å²) in [5, 5.41) is 11.6. The number of carboxylic acid groups (broad SMARTS) is 1. The number of carbonyl (C=O) groups excluding carboxylic acids is 1. The molecule has 0 saturated heterocycles. The highest BCUT2D eigenvalue weighted by atomic mass is 35.5. The number of benzene rings is 2. The molecule has 0 aromatic heterocycles. The molecule has 0 radical (unpaired) electrons. The molecule has 26 heavy (non-hydrogen) atoms. The highest BCUT2D eigenvalue weighted by molar-refractivity contribution is 6.17. The third-order valence-electron chi connectivity index (χ3n) is 4.56. The summed E-state index contributed by atoms with van der Waals surface area (Å²) < 4.78 is 5.35. The number of carboxylic acids is 1. The summed E-state index contributed by atoms with van der Waals surface area (Å²) in [6, 6.07) is 15.1. The molecule has 2 N–H and O–H groups in total. The molecular formula is C20H20ClNO4. The molecule has 0 aliphatic heterocycles. The van der Waals surface area contributed by atoms with Crippen molar-refractivity contribution in [2.75, 3.05) is 12.5 Å². The molecule has 2 aromatic rings. The van der Waals surface area contributed by atoms with E-state index in [-0.39, 0.29) is 18.9 Å². The fourth-order valence-corrected chi connectivity index (χ4v) is 3.48. The van der Waals surface area contributed by atoms with Crippen LogP contribution in [0.5, 0.6) is 0 Å². The standard InChI is InChI=1S/C20H20ClNO4/c21-11-5-10-18(19(23)24)22-20(25)26-12-17-15-8-3-1-6-13(15)14-7-2-4-9-16(14)17/h1-4,6-9,17-18H,5,10-12H2,(H,22,25)(H,23,24)/t18-/m0/s1. The van der Waals surface area contributed by atoms with E-state index in [1.165, 1.54) is 0 Å². The first-order valence-electron chi connectivity index (χ1n) is 8.52. The van der Waals surface area contributed by atoms with Gasteiger partial charge in [0.1, 0.15) is 12.6 Å². The lowest BCUT2D eigenvalue weighted by Gasteiger charge is -2.17. The van der Waals surface area contributed by atoms with E-state index in [1.54, 1.807) is 0 Å². The minimum absolute atomic E-state index is 0.0562. The Morgan fingerprint density at radius 3 is 2.19 bits per heavy atom. The highest BCUT2D eigenvalue weighted by Crippen LogP contribution is 2.44. The molecule has 1 amide bonds. The summed E-state index contributed by atoms with van der Waals surface area (Å²) in [6.07, 6.45) is 0.0411. The number of amides is 1. The number of halogens is 1. The molecule has 6 heteroatoms. The molecule has 5 nitrogen and oxygen atoms in total. The zero-order valence-corrected chi connectivity index (χ0v) is 14.9. The van der Waals surface area contributed by atoms with E-state index in [0.29, 0.717) is 12.3 Å². The molecule has 0 bridgehead atoms. The number of rotatable bonds is 7. The quantitative estimate of drug-likeness (QED) is 0.719. The van der Waals surface area contributed by atoms with E-state index in [4.69, 9.17) is 16.3 Å². The van der Waals surface area contributed by atoms with Gasteiger partial charge in [0.2, 0.25) is 0 Å². The average molecular weight is 374 g/mol. The normalized spacial score (nSPS) is 13.6. The predicted octanol–water partition coefficient (Wildman–Crippen LogP) is 4.00. The maximum atomic E-state index is 12.1. The molecule has 1 aliphatic carbocycles. The van der Waals surface area contributed by atoms with E-state index in [1.807, 2.05) is 36.4 Å². The summed E-state index contributed by atoms with van der Waals surface area (Å²) in [6.45, 7) is 0.154. The minimum atomic E-state index is -1.09. The molecule has 0 heterocycles. The monoisotopic (exact) mass is 373 g/mol. The molecular weight excluding hydrogens is 354 g/mol. The molecule has 1 aliphatic rings. The molecule has 3 rings (SSSR count). The number of fused-ring (bicyclic) bond motifs is 3. The van der Waals surface area contributed by atoms with Gasteiger partial charge in [0.25, 0.3) is 0 Å². The van der Waals surface area contributed by atoms with Crippen molar-refractivity contribution >= 4 is 23.7 Å². The van der Waals surface area contributed by atoms with Crippen LogP contribution in [0.3, 0.4) is 0 Å². The van der Waals surface area contributed by atoms with Crippen LogP contribution in [0.4, 0.5) is 4.79 Å². The van der Waals surface area contributed by atoms with Gasteiger partial charge in [0.05, 0.1) is 0 Å². The van der Waals surface area contributed by atoms with Crippen LogP contribution >= 0.6 is 11.6 Å². The third kappa shape index (κ3) is 3.83. The minimum Gasteiger partial charge on any atom is -0.480 e. The maximum Gasteiger partial charge on any atom is 0.407 e. The van der Waals surface area contributed by atoms with Gasteiger partial charge in [-0.15, -0.1) is 11.6 Å². The van der Waals surface area contributed by atoms with Gasteiger partial charge in [-0.1, -0.05) is 48.5 Å². The van der Waals surface area contributed by atoms with Crippen LogP contribution in [0.1, 0.15) is 29.9 Å². The number of hydrogen-bond acceptors (Lipinski definition) is 3. The van der Waals surface area contributed by atoms with Gasteiger partial charge < -0.3 is 15.2 Å². The summed E-state index contributed by atoms with van der Waals surface area (Å²) in [5.74, 6) is -0.807. The Bertz CT molecular complexity index is 762. The Hall–Kier alpha value is -2.53. The van der Waals surface area contributed by atoms with E-state index < -0.39 is 18.1 Å². The molecule has 0 spiro atoms. The SMILES string of the molecule is O=C(N[C@@H](CCCCl)C(=O)O)OCC1c2ccccc2-c2ccccc21.